The zero-order valence-corrected chi connectivity index (χ0v) is 9.54. The summed E-state index contributed by atoms with van der Waals surface area (Å²) in [6, 6.07) is 2.88. The number of aliphatic hydroxyl groups excluding tert-OH is 1. The molecule has 1 atom stereocenters. The van der Waals surface area contributed by atoms with Crippen LogP contribution >= 0.6 is 0 Å². The molecule has 0 aliphatic carbocycles. The maximum Gasteiger partial charge on any atom is 0.220 e. The molecule has 1 amide bonds. The van der Waals surface area contributed by atoms with Gasteiger partial charge in [-0.3, -0.25) is 4.79 Å². The molecule has 1 aromatic carbocycles. The summed E-state index contributed by atoms with van der Waals surface area (Å²) in [5, 5.41) is 12.2. The summed E-state index contributed by atoms with van der Waals surface area (Å²) in [6.45, 7) is 2.28. The predicted octanol–water partition coefficient (Wildman–Crippen LogP) is 1.91. The molecule has 94 valence electrons. The SMILES string of the molecule is CCNC(=O)CCC(O)c1cc(F)ccc1F. The number of halogens is 2. The third-order valence-electron chi connectivity index (χ3n) is 2.34. The highest BCUT2D eigenvalue weighted by Gasteiger charge is 2.15. The Balaban J connectivity index is 2.60. The van der Waals surface area contributed by atoms with Gasteiger partial charge in [0, 0.05) is 18.5 Å². The minimum absolute atomic E-state index is 0.0617. The van der Waals surface area contributed by atoms with Crippen LogP contribution in [-0.4, -0.2) is 17.6 Å². The van der Waals surface area contributed by atoms with E-state index >= 15 is 0 Å². The fraction of sp³-hybridized carbons (Fsp3) is 0.417. The molecule has 0 bridgehead atoms. The summed E-state index contributed by atoms with van der Waals surface area (Å²) in [5.41, 5.74) is -0.116. The van der Waals surface area contributed by atoms with Crippen molar-refractivity contribution < 1.29 is 18.7 Å². The summed E-state index contributed by atoms with van der Waals surface area (Å²) in [7, 11) is 0. The van der Waals surface area contributed by atoms with Gasteiger partial charge in [0.2, 0.25) is 5.91 Å². The van der Waals surface area contributed by atoms with E-state index in [1.54, 1.807) is 6.92 Å². The van der Waals surface area contributed by atoms with Crippen molar-refractivity contribution in [1.82, 2.24) is 5.32 Å². The number of carbonyl (C=O) groups excluding carboxylic acids is 1. The average molecular weight is 243 g/mol. The Morgan fingerprint density at radius 1 is 1.47 bits per heavy atom. The highest BCUT2D eigenvalue weighted by atomic mass is 19.1. The number of aliphatic hydroxyl groups is 1. The Morgan fingerprint density at radius 3 is 2.82 bits per heavy atom. The molecule has 1 aromatic rings. The Kier molecular flexibility index (Phi) is 5.03. The molecule has 0 aliphatic rings. The molecule has 0 radical (unpaired) electrons. The normalized spacial score (nSPS) is 12.2. The van der Waals surface area contributed by atoms with Crippen LogP contribution in [0.2, 0.25) is 0 Å². The lowest BCUT2D eigenvalue weighted by molar-refractivity contribution is -0.121. The Bertz CT molecular complexity index is 396. The van der Waals surface area contributed by atoms with Crippen LogP contribution in [0.4, 0.5) is 8.78 Å². The first kappa shape index (κ1) is 13.6. The van der Waals surface area contributed by atoms with Gasteiger partial charge in [0.25, 0.3) is 0 Å². The van der Waals surface area contributed by atoms with Crippen LogP contribution in [-0.2, 0) is 4.79 Å². The fourth-order valence-corrected chi connectivity index (χ4v) is 1.48. The van der Waals surface area contributed by atoms with E-state index in [1.165, 1.54) is 0 Å². The van der Waals surface area contributed by atoms with Crippen molar-refractivity contribution in [3.8, 4) is 0 Å². The molecule has 0 saturated carbocycles. The molecule has 2 N–H and O–H groups in total. The molecular formula is C12H15F2NO2. The first-order valence-electron chi connectivity index (χ1n) is 5.44. The first-order valence-corrected chi connectivity index (χ1v) is 5.44. The summed E-state index contributed by atoms with van der Waals surface area (Å²) < 4.78 is 26.1. The third-order valence-corrected chi connectivity index (χ3v) is 2.34. The van der Waals surface area contributed by atoms with Gasteiger partial charge in [-0.25, -0.2) is 8.78 Å². The number of hydrogen-bond acceptors (Lipinski definition) is 2. The van der Waals surface area contributed by atoms with E-state index < -0.39 is 17.7 Å². The number of rotatable bonds is 5. The minimum Gasteiger partial charge on any atom is -0.388 e. The van der Waals surface area contributed by atoms with Crippen LogP contribution < -0.4 is 5.32 Å². The van der Waals surface area contributed by atoms with E-state index in [0.717, 1.165) is 18.2 Å². The van der Waals surface area contributed by atoms with Gasteiger partial charge in [-0.1, -0.05) is 0 Å². The van der Waals surface area contributed by atoms with Crippen molar-refractivity contribution in [2.75, 3.05) is 6.54 Å². The molecule has 0 fully saturated rings. The van der Waals surface area contributed by atoms with Gasteiger partial charge in [-0.2, -0.15) is 0 Å². The Hall–Kier alpha value is -1.49. The van der Waals surface area contributed by atoms with Crippen LogP contribution in [0.1, 0.15) is 31.4 Å². The lowest BCUT2D eigenvalue weighted by Crippen LogP contribution is -2.22. The first-order chi connectivity index (χ1) is 8.04. The standard InChI is InChI=1S/C12H15F2NO2/c1-2-15-12(17)6-5-11(16)9-7-8(13)3-4-10(9)14/h3-4,7,11,16H,2,5-6H2,1H3,(H,15,17). The Labute approximate surface area is 98.5 Å². The smallest absolute Gasteiger partial charge is 0.220 e. The van der Waals surface area contributed by atoms with E-state index in [2.05, 4.69) is 5.32 Å². The summed E-state index contributed by atoms with van der Waals surface area (Å²) in [6.07, 6.45) is -1.04. The predicted molar refractivity (Wildman–Crippen MR) is 59.2 cm³/mol. The highest BCUT2D eigenvalue weighted by Crippen LogP contribution is 2.22. The molecular weight excluding hydrogens is 228 g/mol. The number of carbonyl (C=O) groups is 1. The second-order valence-corrected chi connectivity index (χ2v) is 3.67. The number of amides is 1. The van der Waals surface area contributed by atoms with Gasteiger partial charge >= 0.3 is 0 Å². The van der Waals surface area contributed by atoms with Gasteiger partial charge in [0.05, 0.1) is 6.10 Å². The van der Waals surface area contributed by atoms with Crippen molar-refractivity contribution >= 4 is 5.91 Å². The molecule has 0 saturated heterocycles. The van der Waals surface area contributed by atoms with Crippen LogP contribution in [0.5, 0.6) is 0 Å². The van der Waals surface area contributed by atoms with Crippen molar-refractivity contribution in [1.29, 1.82) is 0 Å². The quantitative estimate of drug-likeness (QED) is 0.830. The van der Waals surface area contributed by atoms with E-state index in [1.807, 2.05) is 0 Å². The topological polar surface area (TPSA) is 49.3 Å². The van der Waals surface area contributed by atoms with Gasteiger partial charge in [0.1, 0.15) is 11.6 Å². The van der Waals surface area contributed by atoms with Crippen LogP contribution in [0.3, 0.4) is 0 Å². The molecule has 0 aliphatic heterocycles. The van der Waals surface area contributed by atoms with Gasteiger partial charge in [0.15, 0.2) is 0 Å². The minimum atomic E-state index is -1.17. The fourth-order valence-electron chi connectivity index (χ4n) is 1.48. The van der Waals surface area contributed by atoms with Crippen molar-refractivity contribution in [3.63, 3.8) is 0 Å². The zero-order chi connectivity index (χ0) is 12.8. The molecule has 17 heavy (non-hydrogen) atoms. The van der Waals surface area contributed by atoms with Crippen LogP contribution in [0.15, 0.2) is 18.2 Å². The largest absolute Gasteiger partial charge is 0.388 e. The summed E-state index contributed by atoms with van der Waals surface area (Å²) in [5.74, 6) is -1.50. The van der Waals surface area contributed by atoms with E-state index in [-0.39, 0.29) is 24.3 Å². The average Bonchev–Trinajstić information content (AvgIpc) is 2.29. The van der Waals surface area contributed by atoms with Crippen LogP contribution in [0.25, 0.3) is 0 Å². The highest BCUT2D eigenvalue weighted by molar-refractivity contribution is 5.75. The molecule has 0 aromatic heterocycles. The zero-order valence-electron chi connectivity index (χ0n) is 9.54. The number of nitrogens with one attached hydrogen (secondary N) is 1. The monoisotopic (exact) mass is 243 g/mol. The van der Waals surface area contributed by atoms with Crippen LogP contribution in [0, 0.1) is 11.6 Å². The van der Waals surface area contributed by atoms with E-state index in [9.17, 15) is 18.7 Å². The van der Waals surface area contributed by atoms with Crippen molar-refractivity contribution in [3.05, 3.63) is 35.4 Å². The third kappa shape index (κ3) is 4.11. The Morgan fingerprint density at radius 2 is 2.18 bits per heavy atom. The molecule has 0 spiro atoms. The van der Waals surface area contributed by atoms with Gasteiger partial charge in [-0.05, 0) is 31.5 Å². The number of benzene rings is 1. The van der Waals surface area contributed by atoms with Gasteiger partial charge in [-0.15, -0.1) is 0 Å². The summed E-state index contributed by atoms with van der Waals surface area (Å²) in [4.78, 5) is 11.1. The number of hydrogen-bond donors (Lipinski definition) is 2. The molecule has 1 rings (SSSR count). The second kappa shape index (κ2) is 6.30. The maximum absolute atomic E-state index is 13.3. The van der Waals surface area contributed by atoms with E-state index in [0.29, 0.717) is 6.54 Å². The lowest BCUT2D eigenvalue weighted by Gasteiger charge is -2.11. The molecule has 5 heteroatoms. The van der Waals surface area contributed by atoms with Gasteiger partial charge < -0.3 is 10.4 Å². The molecule has 0 heterocycles. The lowest BCUT2D eigenvalue weighted by atomic mass is 10.0. The molecule has 1 unspecified atom stereocenters. The van der Waals surface area contributed by atoms with E-state index in [4.69, 9.17) is 0 Å². The maximum atomic E-state index is 13.3. The molecule has 3 nitrogen and oxygen atoms in total. The van der Waals surface area contributed by atoms with Crippen molar-refractivity contribution in [2.45, 2.75) is 25.9 Å². The second-order valence-electron chi connectivity index (χ2n) is 3.67. The summed E-state index contributed by atoms with van der Waals surface area (Å²) >= 11 is 0. The van der Waals surface area contributed by atoms with Crippen molar-refractivity contribution in [2.24, 2.45) is 0 Å².